The quantitative estimate of drug-likeness (QED) is 0.0696. The highest BCUT2D eigenvalue weighted by atomic mass is 32.2. The minimum atomic E-state index is -1.47. The molecule has 2 heterocycles. The average Bonchev–Trinajstić information content (AvgIpc) is 3.78. The number of aryl methyl sites for hydroxylation is 2. The minimum absolute atomic E-state index is 0.0166. The first-order chi connectivity index (χ1) is 25.8. The Morgan fingerprint density at radius 3 is 1.87 bits per heavy atom. The number of thioether (sulfide) groups is 3. The summed E-state index contributed by atoms with van der Waals surface area (Å²) in [5, 5.41) is 51.9. The van der Waals surface area contributed by atoms with Gasteiger partial charge in [-0.25, -0.2) is 0 Å². The van der Waals surface area contributed by atoms with Crippen molar-refractivity contribution in [1.82, 2.24) is 40.6 Å². The van der Waals surface area contributed by atoms with Crippen LogP contribution in [-0.4, -0.2) is 135 Å². The maximum absolute atomic E-state index is 13.3. The van der Waals surface area contributed by atoms with Gasteiger partial charge in [0.1, 0.15) is 16.9 Å². The molecule has 2 aromatic heterocycles. The van der Waals surface area contributed by atoms with Gasteiger partial charge in [0.25, 0.3) is 0 Å². The summed E-state index contributed by atoms with van der Waals surface area (Å²) in [6.07, 6.45) is 7.04. The van der Waals surface area contributed by atoms with Gasteiger partial charge in [0.2, 0.25) is 11.8 Å². The van der Waals surface area contributed by atoms with Crippen LogP contribution in [0.25, 0.3) is 0 Å². The van der Waals surface area contributed by atoms with E-state index in [1.165, 1.54) is 0 Å². The molecule has 0 aliphatic heterocycles. The standard InChI is InChI=1S/C36H66N8O7S3/c1-8-15-53-18-12-31(48)37-35(7,26-50-21-29-19-43(41-39-29)13-10-16-52-9-2)27-51-22-30-20-44(42-40-30)14-11-17-54-34(5,6)32(28(3)4)33(49)38-36(23-45,24-46)25-47/h19-20,28,32,45-47H,8-18,21-27H2,1-7H3,(H,37,48)(H,38,49). The van der Waals surface area contributed by atoms with E-state index >= 15 is 0 Å². The smallest absolute Gasteiger partial charge is 0.225 e. The molecule has 0 fully saturated rings. The van der Waals surface area contributed by atoms with E-state index in [2.05, 4.69) is 45.1 Å². The van der Waals surface area contributed by atoms with Crippen LogP contribution >= 0.6 is 35.3 Å². The van der Waals surface area contributed by atoms with Crippen LogP contribution in [0.1, 0.15) is 85.5 Å². The molecule has 310 valence electrons. The van der Waals surface area contributed by atoms with E-state index in [1.807, 2.05) is 63.5 Å². The first-order valence-electron chi connectivity index (χ1n) is 18.9. The summed E-state index contributed by atoms with van der Waals surface area (Å²) in [7, 11) is 0. The third-order valence-corrected chi connectivity index (χ3v) is 12.3. The van der Waals surface area contributed by atoms with Crippen molar-refractivity contribution in [1.29, 1.82) is 0 Å². The third kappa shape index (κ3) is 17.5. The summed E-state index contributed by atoms with van der Waals surface area (Å²) in [6, 6.07) is 0. The first-order valence-corrected chi connectivity index (χ1v) is 22.2. The molecular weight excluding hydrogens is 753 g/mol. The van der Waals surface area contributed by atoms with Crippen LogP contribution in [0, 0.1) is 11.8 Å². The normalized spacial score (nSPS) is 14.0. The van der Waals surface area contributed by atoms with Gasteiger partial charge in [0.15, 0.2) is 0 Å². The highest BCUT2D eigenvalue weighted by molar-refractivity contribution is 8.00. The number of aliphatic hydroxyl groups excluding tert-OH is 3. The summed E-state index contributed by atoms with van der Waals surface area (Å²) in [4.78, 5) is 26.2. The van der Waals surface area contributed by atoms with Crippen LogP contribution in [0.4, 0.5) is 0 Å². The largest absolute Gasteiger partial charge is 0.394 e. The maximum Gasteiger partial charge on any atom is 0.225 e. The Morgan fingerprint density at radius 2 is 1.37 bits per heavy atom. The molecule has 15 nitrogen and oxygen atoms in total. The number of ether oxygens (including phenoxy) is 2. The van der Waals surface area contributed by atoms with E-state index in [1.54, 1.807) is 28.2 Å². The number of carbonyl (C=O) groups is 2. The Balaban J connectivity index is 1.90. The van der Waals surface area contributed by atoms with Crippen molar-refractivity contribution in [3.05, 3.63) is 23.8 Å². The number of hydrogen-bond acceptors (Lipinski definition) is 14. The summed E-state index contributed by atoms with van der Waals surface area (Å²) >= 11 is 5.34. The van der Waals surface area contributed by atoms with Crippen LogP contribution in [0.5, 0.6) is 0 Å². The molecule has 0 aromatic carbocycles. The second kappa shape index (κ2) is 25.3. The molecule has 0 aliphatic rings. The predicted molar refractivity (Wildman–Crippen MR) is 217 cm³/mol. The lowest BCUT2D eigenvalue weighted by Crippen LogP contribution is -2.60. The first kappa shape index (κ1) is 48.2. The van der Waals surface area contributed by atoms with Gasteiger partial charge in [0.05, 0.1) is 70.1 Å². The van der Waals surface area contributed by atoms with Gasteiger partial charge in [-0.1, -0.05) is 38.1 Å². The number of nitrogens with zero attached hydrogens (tertiary/aromatic N) is 6. The summed E-state index contributed by atoms with van der Waals surface area (Å²) in [5.41, 5.74) is -0.847. The number of hydrogen-bond donors (Lipinski definition) is 5. The van der Waals surface area contributed by atoms with E-state index in [4.69, 9.17) is 9.47 Å². The maximum atomic E-state index is 13.3. The highest BCUT2D eigenvalue weighted by Crippen LogP contribution is 2.38. The van der Waals surface area contributed by atoms with E-state index in [-0.39, 0.29) is 44.2 Å². The lowest BCUT2D eigenvalue weighted by Gasteiger charge is -2.38. The lowest BCUT2D eigenvalue weighted by molar-refractivity contribution is -0.131. The number of carbonyl (C=O) groups excluding carboxylic acids is 2. The number of amides is 2. The van der Waals surface area contributed by atoms with Crippen LogP contribution < -0.4 is 10.6 Å². The number of rotatable bonds is 31. The fourth-order valence-electron chi connectivity index (χ4n) is 5.87. The molecule has 0 aliphatic carbocycles. The molecular formula is C36H66N8O7S3. The van der Waals surface area contributed by atoms with Gasteiger partial charge in [-0.05, 0) is 69.0 Å². The van der Waals surface area contributed by atoms with Gasteiger partial charge in [0, 0.05) is 30.0 Å². The molecule has 2 unspecified atom stereocenters. The Morgan fingerprint density at radius 1 is 0.815 bits per heavy atom. The van der Waals surface area contributed by atoms with Crippen molar-refractivity contribution < 1.29 is 34.4 Å². The van der Waals surface area contributed by atoms with Crippen LogP contribution in [0.15, 0.2) is 12.4 Å². The zero-order valence-electron chi connectivity index (χ0n) is 33.4. The zero-order valence-corrected chi connectivity index (χ0v) is 35.9. The van der Waals surface area contributed by atoms with Gasteiger partial charge in [-0.15, -0.1) is 10.2 Å². The number of aromatic nitrogens is 6. The second-order valence-corrected chi connectivity index (χ2v) is 19.1. The number of nitrogens with one attached hydrogen (secondary N) is 2. The van der Waals surface area contributed by atoms with Crippen molar-refractivity contribution in [3.63, 3.8) is 0 Å². The van der Waals surface area contributed by atoms with Crippen molar-refractivity contribution in [2.24, 2.45) is 11.8 Å². The molecule has 18 heteroatoms. The number of aliphatic hydroxyl groups is 3. The van der Waals surface area contributed by atoms with Gasteiger partial charge in [-0.2, -0.15) is 35.3 Å². The molecule has 54 heavy (non-hydrogen) atoms. The third-order valence-electron chi connectivity index (χ3n) is 8.66. The molecule has 0 radical (unpaired) electrons. The fourth-order valence-corrected chi connectivity index (χ4v) is 8.67. The zero-order chi connectivity index (χ0) is 40.0. The molecule has 2 amide bonds. The molecule has 0 saturated carbocycles. The Bertz CT molecular complexity index is 1340. The van der Waals surface area contributed by atoms with Crippen LogP contribution in [-0.2, 0) is 45.4 Å². The van der Waals surface area contributed by atoms with E-state index in [9.17, 15) is 24.9 Å². The minimum Gasteiger partial charge on any atom is -0.394 e. The molecule has 2 aromatic rings. The van der Waals surface area contributed by atoms with Gasteiger partial charge >= 0.3 is 0 Å². The molecule has 5 N–H and O–H groups in total. The monoisotopic (exact) mass is 818 g/mol. The molecule has 2 atom stereocenters. The second-order valence-electron chi connectivity index (χ2n) is 14.7. The Hall–Kier alpha value is -1.93. The van der Waals surface area contributed by atoms with Crippen molar-refractivity contribution in [2.75, 3.05) is 61.8 Å². The van der Waals surface area contributed by atoms with E-state index < -0.39 is 41.6 Å². The molecule has 0 spiro atoms. The lowest BCUT2D eigenvalue weighted by atomic mass is 9.83. The van der Waals surface area contributed by atoms with Crippen molar-refractivity contribution in [2.45, 2.75) is 116 Å². The summed E-state index contributed by atoms with van der Waals surface area (Å²) in [6.45, 7) is 14.8. The van der Waals surface area contributed by atoms with Crippen molar-refractivity contribution in [3.8, 4) is 0 Å². The molecule has 0 bridgehead atoms. The summed E-state index contributed by atoms with van der Waals surface area (Å²) in [5.74, 6) is 3.91. The van der Waals surface area contributed by atoms with E-state index in [0.29, 0.717) is 18.7 Å². The van der Waals surface area contributed by atoms with Gasteiger partial charge in [-0.3, -0.25) is 19.0 Å². The molecule has 2 rings (SSSR count). The predicted octanol–water partition coefficient (Wildman–Crippen LogP) is 3.16. The highest BCUT2D eigenvalue weighted by Gasteiger charge is 2.41. The van der Waals surface area contributed by atoms with Crippen LogP contribution in [0.3, 0.4) is 0 Å². The van der Waals surface area contributed by atoms with Crippen LogP contribution in [0.2, 0.25) is 0 Å². The topological polar surface area (TPSA) is 199 Å². The SMILES string of the molecule is CCCSCCC(=O)NC(C)(COCc1cn(CCCSCC)nn1)COCc1cn(CCCSC(C)(C)C(C(=O)NC(CO)(CO)CO)C(C)C)nn1. The Kier molecular flexibility index (Phi) is 22.6. The molecule has 0 saturated heterocycles. The van der Waals surface area contributed by atoms with E-state index in [0.717, 1.165) is 60.3 Å². The fraction of sp³-hybridized carbons (Fsp3) is 0.833. The summed E-state index contributed by atoms with van der Waals surface area (Å²) < 4.78 is 15.3. The van der Waals surface area contributed by atoms with Gasteiger partial charge < -0.3 is 35.4 Å². The van der Waals surface area contributed by atoms with Crippen molar-refractivity contribution >= 4 is 47.1 Å². The average molecular weight is 819 g/mol. The Labute approximate surface area is 334 Å².